The number of hydrogen-bond donors (Lipinski definition) is 1. The van der Waals surface area contributed by atoms with Gasteiger partial charge in [0.25, 0.3) is 5.91 Å². The molecular formula is C17H12ClN3O2S. The van der Waals surface area contributed by atoms with Crippen LogP contribution in [0.4, 0.5) is 5.82 Å². The summed E-state index contributed by atoms with van der Waals surface area (Å²) in [6.07, 6.45) is 1.42. The fourth-order valence-corrected chi connectivity index (χ4v) is 3.51. The Morgan fingerprint density at radius 1 is 1.25 bits per heavy atom. The van der Waals surface area contributed by atoms with Crippen LogP contribution in [0.2, 0.25) is 5.02 Å². The molecule has 0 fully saturated rings. The van der Waals surface area contributed by atoms with Crippen molar-refractivity contribution in [2.45, 2.75) is 6.54 Å². The smallest absolute Gasteiger partial charge is 0.273 e. The summed E-state index contributed by atoms with van der Waals surface area (Å²) in [5, 5.41) is 9.17. The Balaban J connectivity index is 1.71. The van der Waals surface area contributed by atoms with Crippen molar-refractivity contribution in [1.82, 2.24) is 9.72 Å². The normalized spacial score (nSPS) is 11.0. The quantitative estimate of drug-likeness (QED) is 0.578. The first-order valence-corrected chi connectivity index (χ1v) is 8.49. The Morgan fingerprint density at radius 3 is 2.83 bits per heavy atom. The molecule has 7 heteroatoms. The van der Waals surface area contributed by atoms with Gasteiger partial charge in [0, 0.05) is 17.6 Å². The third kappa shape index (κ3) is 2.81. The highest BCUT2D eigenvalue weighted by molar-refractivity contribution is 7.17. The van der Waals surface area contributed by atoms with Gasteiger partial charge in [-0.3, -0.25) is 4.79 Å². The number of aromatic nitrogens is 2. The molecule has 0 saturated heterocycles. The van der Waals surface area contributed by atoms with Gasteiger partial charge < -0.3 is 14.4 Å². The zero-order valence-electron chi connectivity index (χ0n) is 12.4. The highest BCUT2D eigenvalue weighted by Gasteiger charge is 2.17. The average molecular weight is 358 g/mol. The van der Waals surface area contributed by atoms with E-state index in [9.17, 15) is 4.79 Å². The summed E-state index contributed by atoms with van der Waals surface area (Å²) in [6, 6.07) is 13.1. The lowest BCUT2D eigenvalue weighted by Crippen LogP contribution is -2.17. The average Bonchev–Trinajstić information content (AvgIpc) is 3.28. The second-order valence-electron chi connectivity index (χ2n) is 5.25. The Kier molecular flexibility index (Phi) is 3.84. The van der Waals surface area contributed by atoms with Gasteiger partial charge in [0.1, 0.15) is 12.0 Å². The SMILES string of the molecule is O=C(Nc1ccon1)c1cc2sccc2n1Cc1ccc(Cl)cc1. The Morgan fingerprint density at radius 2 is 2.08 bits per heavy atom. The van der Waals surface area contributed by atoms with E-state index in [0.29, 0.717) is 23.1 Å². The molecule has 120 valence electrons. The van der Waals surface area contributed by atoms with Crippen LogP contribution in [0.25, 0.3) is 10.2 Å². The van der Waals surface area contributed by atoms with Crippen molar-refractivity contribution in [3.63, 3.8) is 0 Å². The first-order valence-electron chi connectivity index (χ1n) is 7.23. The van der Waals surface area contributed by atoms with Crippen molar-refractivity contribution in [3.05, 3.63) is 70.4 Å². The van der Waals surface area contributed by atoms with E-state index in [1.54, 1.807) is 17.4 Å². The van der Waals surface area contributed by atoms with Crippen LogP contribution in [-0.2, 0) is 6.54 Å². The van der Waals surface area contributed by atoms with Crippen molar-refractivity contribution in [1.29, 1.82) is 0 Å². The first kappa shape index (κ1) is 15.0. The Bertz CT molecular complexity index is 987. The van der Waals surface area contributed by atoms with E-state index in [-0.39, 0.29) is 5.91 Å². The molecule has 3 aromatic heterocycles. The van der Waals surface area contributed by atoms with Gasteiger partial charge in [0.05, 0.1) is 10.2 Å². The summed E-state index contributed by atoms with van der Waals surface area (Å²) in [7, 11) is 0. The summed E-state index contributed by atoms with van der Waals surface area (Å²) in [5.41, 5.74) is 2.67. The molecule has 4 rings (SSSR count). The Hall–Kier alpha value is -2.57. The minimum Gasteiger partial charge on any atom is -0.363 e. The van der Waals surface area contributed by atoms with Crippen molar-refractivity contribution >= 4 is 44.9 Å². The summed E-state index contributed by atoms with van der Waals surface area (Å²) >= 11 is 7.55. The van der Waals surface area contributed by atoms with E-state index in [0.717, 1.165) is 15.8 Å². The van der Waals surface area contributed by atoms with Gasteiger partial charge in [-0.05, 0) is 35.2 Å². The lowest BCUT2D eigenvalue weighted by atomic mass is 10.2. The molecule has 24 heavy (non-hydrogen) atoms. The molecule has 1 amide bonds. The van der Waals surface area contributed by atoms with Gasteiger partial charge in [-0.1, -0.05) is 28.9 Å². The molecule has 0 atom stereocenters. The number of carbonyl (C=O) groups is 1. The van der Waals surface area contributed by atoms with Gasteiger partial charge in [0.2, 0.25) is 0 Å². The standard InChI is InChI=1S/C17H12ClN3O2S/c18-12-3-1-11(2-4-12)10-21-13-6-8-24-15(13)9-14(21)17(22)19-16-5-7-23-20-16/h1-9H,10H2,(H,19,20,22). The molecule has 0 aliphatic heterocycles. The lowest BCUT2D eigenvalue weighted by molar-refractivity contribution is 0.101. The lowest BCUT2D eigenvalue weighted by Gasteiger charge is -2.10. The van der Waals surface area contributed by atoms with Crippen LogP contribution in [0, 0.1) is 0 Å². The third-order valence-corrected chi connectivity index (χ3v) is 4.79. The molecule has 5 nitrogen and oxygen atoms in total. The molecule has 0 aliphatic rings. The number of benzene rings is 1. The number of amides is 1. The zero-order valence-corrected chi connectivity index (χ0v) is 14.0. The Labute approximate surface area is 146 Å². The van der Waals surface area contributed by atoms with Crippen molar-refractivity contribution in [2.75, 3.05) is 5.32 Å². The second kappa shape index (κ2) is 6.14. The number of thiophene rings is 1. The monoisotopic (exact) mass is 357 g/mol. The van der Waals surface area contributed by atoms with Crippen molar-refractivity contribution < 1.29 is 9.32 Å². The largest absolute Gasteiger partial charge is 0.363 e. The summed E-state index contributed by atoms with van der Waals surface area (Å²) in [6.45, 7) is 0.582. The number of anilines is 1. The second-order valence-corrected chi connectivity index (χ2v) is 6.64. The van der Waals surface area contributed by atoms with E-state index in [1.165, 1.54) is 6.26 Å². The predicted octanol–water partition coefficient (Wildman–Crippen LogP) is 4.64. The predicted molar refractivity (Wildman–Crippen MR) is 94.8 cm³/mol. The zero-order chi connectivity index (χ0) is 16.5. The van der Waals surface area contributed by atoms with Crippen LogP contribution in [0.1, 0.15) is 16.1 Å². The number of hydrogen-bond acceptors (Lipinski definition) is 4. The fraction of sp³-hybridized carbons (Fsp3) is 0.0588. The van der Waals surface area contributed by atoms with E-state index in [4.69, 9.17) is 16.1 Å². The van der Waals surface area contributed by atoms with Crippen LogP contribution in [0.15, 0.2) is 58.6 Å². The molecule has 0 aliphatic carbocycles. The molecule has 0 saturated carbocycles. The minimum atomic E-state index is -0.221. The highest BCUT2D eigenvalue weighted by atomic mass is 35.5. The number of nitrogens with zero attached hydrogens (tertiary/aromatic N) is 2. The van der Waals surface area contributed by atoms with Gasteiger partial charge >= 0.3 is 0 Å². The molecule has 4 aromatic rings. The summed E-state index contributed by atoms with van der Waals surface area (Å²) in [5.74, 6) is 0.170. The topological polar surface area (TPSA) is 60.1 Å². The van der Waals surface area contributed by atoms with Crippen LogP contribution in [0.5, 0.6) is 0 Å². The molecular weight excluding hydrogens is 346 g/mol. The van der Waals surface area contributed by atoms with Crippen LogP contribution >= 0.6 is 22.9 Å². The van der Waals surface area contributed by atoms with Crippen molar-refractivity contribution in [3.8, 4) is 0 Å². The fourth-order valence-electron chi connectivity index (χ4n) is 2.57. The van der Waals surface area contributed by atoms with Gasteiger partial charge in [0.15, 0.2) is 5.82 Å². The molecule has 0 unspecified atom stereocenters. The van der Waals surface area contributed by atoms with Crippen LogP contribution in [-0.4, -0.2) is 15.6 Å². The molecule has 3 heterocycles. The van der Waals surface area contributed by atoms with E-state index in [1.807, 2.05) is 46.3 Å². The summed E-state index contributed by atoms with van der Waals surface area (Å²) < 4.78 is 7.81. The van der Waals surface area contributed by atoms with Gasteiger partial charge in [-0.15, -0.1) is 11.3 Å². The van der Waals surface area contributed by atoms with Crippen LogP contribution < -0.4 is 5.32 Å². The number of carbonyl (C=O) groups excluding carboxylic acids is 1. The molecule has 0 radical (unpaired) electrons. The van der Waals surface area contributed by atoms with E-state index in [2.05, 4.69) is 10.5 Å². The molecule has 0 bridgehead atoms. The van der Waals surface area contributed by atoms with E-state index < -0.39 is 0 Å². The highest BCUT2D eigenvalue weighted by Crippen LogP contribution is 2.27. The summed E-state index contributed by atoms with van der Waals surface area (Å²) in [4.78, 5) is 12.6. The number of fused-ring (bicyclic) bond motifs is 1. The number of nitrogens with one attached hydrogen (secondary N) is 1. The van der Waals surface area contributed by atoms with E-state index >= 15 is 0 Å². The number of halogens is 1. The van der Waals surface area contributed by atoms with Gasteiger partial charge in [-0.2, -0.15) is 0 Å². The maximum atomic E-state index is 12.6. The third-order valence-electron chi connectivity index (χ3n) is 3.69. The number of rotatable bonds is 4. The van der Waals surface area contributed by atoms with Gasteiger partial charge in [-0.25, -0.2) is 0 Å². The molecule has 1 N–H and O–H groups in total. The molecule has 0 spiro atoms. The minimum absolute atomic E-state index is 0.221. The van der Waals surface area contributed by atoms with Crippen molar-refractivity contribution in [2.24, 2.45) is 0 Å². The molecule has 1 aromatic carbocycles. The van der Waals surface area contributed by atoms with Crippen LogP contribution in [0.3, 0.4) is 0 Å². The maximum absolute atomic E-state index is 12.6. The first-order chi connectivity index (χ1) is 11.7. The maximum Gasteiger partial charge on any atom is 0.273 e.